The first-order valence-corrected chi connectivity index (χ1v) is 5.93. The van der Waals surface area contributed by atoms with Gasteiger partial charge in [-0.05, 0) is 56.5 Å². The standard InChI is InChI=1S/C14H23NO/c1-6-12(15-4)9-13-11(3)7-10(2)8-14(13)16-5/h7-8,12,15H,6,9H2,1-5H3. The Bertz CT molecular complexity index is 343. The normalized spacial score (nSPS) is 12.6. The van der Waals surface area contributed by atoms with Crippen LogP contribution in [0.1, 0.15) is 30.0 Å². The molecule has 1 aromatic rings. The van der Waals surface area contributed by atoms with Gasteiger partial charge in [-0.2, -0.15) is 0 Å². The van der Waals surface area contributed by atoms with Crippen molar-refractivity contribution < 1.29 is 4.74 Å². The SMILES string of the molecule is CCC(Cc1c(C)cc(C)cc1OC)NC. The van der Waals surface area contributed by atoms with Gasteiger partial charge in [0.2, 0.25) is 0 Å². The van der Waals surface area contributed by atoms with Crippen molar-refractivity contribution in [1.29, 1.82) is 0 Å². The van der Waals surface area contributed by atoms with E-state index in [4.69, 9.17) is 4.74 Å². The summed E-state index contributed by atoms with van der Waals surface area (Å²) in [5, 5.41) is 3.34. The van der Waals surface area contributed by atoms with Gasteiger partial charge in [0.15, 0.2) is 0 Å². The Hall–Kier alpha value is -1.02. The zero-order chi connectivity index (χ0) is 12.1. The van der Waals surface area contributed by atoms with E-state index in [0.29, 0.717) is 6.04 Å². The van der Waals surface area contributed by atoms with E-state index in [2.05, 4.69) is 38.2 Å². The molecule has 0 saturated carbocycles. The second-order valence-electron chi connectivity index (χ2n) is 4.36. The maximum Gasteiger partial charge on any atom is 0.122 e. The first kappa shape index (κ1) is 13.0. The van der Waals surface area contributed by atoms with Gasteiger partial charge in [0, 0.05) is 6.04 Å². The van der Waals surface area contributed by atoms with Gasteiger partial charge in [-0.1, -0.05) is 13.0 Å². The summed E-state index contributed by atoms with van der Waals surface area (Å²) in [6, 6.07) is 4.86. The Morgan fingerprint density at radius 2 is 2.00 bits per heavy atom. The second-order valence-corrected chi connectivity index (χ2v) is 4.36. The van der Waals surface area contributed by atoms with E-state index in [1.165, 1.54) is 16.7 Å². The number of aryl methyl sites for hydroxylation is 2. The number of nitrogens with one attached hydrogen (secondary N) is 1. The van der Waals surface area contributed by atoms with E-state index in [1.54, 1.807) is 7.11 Å². The van der Waals surface area contributed by atoms with Crippen LogP contribution in [0.15, 0.2) is 12.1 Å². The van der Waals surface area contributed by atoms with Crippen molar-refractivity contribution in [1.82, 2.24) is 5.32 Å². The van der Waals surface area contributed by atoms with Crippen LogP contribution in [0.4, 0.5) is 0 Å². The van der Waals surface area contributed by atoms with Crippen molar-refractivity contribution in [2.75, 3.05) is 14.2 Å². The number of benzene rings is 1. The molecule has 0 fully saturated rings. The Morgan fingerprint density at radius 3 is 2.50 bits per heavy atom. The largest absolute Gasteiger partial charge is 0.496 e. The molecule has 1 unspecified atom stereocenters. The molecule has 1 aromatic carbocycles. The fraction of sp³-hybridized carbons (Fsp3) is 0.571. The van der Waals surface area contributed by atoms with Crippen LogP contribution < -0.4 is 10.1 Å². The molecule has 0 saturated heterocycles. The van der Waals surface area contributed by atoms with Gasteiger partial charge in [-0.3, -0.25) is 0 Å². The molecule has 16 heavy (non-hydrogen) atoms. The molecule has 1 N–H and O–H groups in total. The summed E-state index contributed by atoms with van der Waals surface area (Å²) in [6.45, 7) is 6.47. The van der Waals surface area contributed by atoms with Crippen molar-refractivity contribution in [3.8, 4) is 5.75 Å². The minimum Gasteiger partial charge on any atom is -0.496 e. The number of hydrogen-bond donors (Lipinski definition) is 1. The molecule has 1 rings (SSSR count). The molecule has 2 nitrogen and oxygen atoms in total. The van der Waals surface area contributed by atoms with Crippen LogP contribution in [0.2, 0.25) is 0 Å². The van der Waals surface area contributed by atoms with Crippen LogP contribution in [-0.4, -0.2) is 20.2 Å². The van der Waals surface area contributed by atoms with Gasteiger partial charge < -0.3 is 10.1 Å². The molecule has 1 atom stereocenters. The molecule has 0 bridgehead atoms. The quantitative estimate of drug-likeness (QED) is 0.825. The third-order valence-corrected chi connectivity index (χ3v) is 3.15. The summed E-state index contributed by atoms with van der Waals surface area (Å²) in [4.78, 5) is 0. The molecule has 90 valence electrons. The van der Waals surface area contributed by atoms with Gasteiger partial charge in [0.25, 0.3) is 0 Å². The van der Waals surface area contributed by atoms with Crippen LogP contribution in [-0.2, 0) is 6.42 Å². The molecule has 2 heteroatoms. The van der Waals surface area contributed by atoms with Crippen molar-refractivity contribution in [2.45, 2.75) is 39.7 Å². The molecule has 0 aliphatic rings. The van der Waals surface area contributed by atoms with E-state index in [-0.39, 0.29) is 0 Å². The Kier molecular flexibility index (Phi) is 4.81. The van der Waals surface area contributed by atoms with Crippen LogP contribution >= 0.6 is 0 Å². The number of ether oxygens (including phenoxy) is 1. The molecule has 0 amide bonds. The Labute approximate surface area is 99.0 Å². The van der Waals surface area contributed by atoms with E-state index >= 15 is 0 Å². The fourth-order valence-corrected chi connectivity index (χ4v) is 2.10. The number of likely N-dealkylation sites (N-methyl/N-ethyl adjacent to an activating group) is 1. The van der Waals surface area contributed by atoms with E-state index in [9.17, 15) is 0 Å². The van der Waals surface area contributed by atoms with Gasteiger partial charge in [0.05, 0.1) is 7.11 Å². The van der Waals surface area contributed by atoms with Gasteiger partial charge in [-0.25, -0.2) is 0 Å². The predicted octanol–water partition coefficient (Wildman–Crippen LogP) is 2.85. The average molecular weight is 221 g/mol. The Balaban J connectivity index is 3.01. The molecular formula is C14H23NO. The highest BCUT2D eigenvalue weighted by Gasteiger charge is 2.12. The number of methoxy groups -OCH3 is 1. The maximum atomic E-state index is 5.47. The highest BCUT2D eigenvalue weighted by atomic mass is 16.5. The summed E-state index contributed by atoms with van der Waals surface area (Å²) in [6.07, 6.45) is 2.16. The van der Waals surface area contributed by atoms with Crippen LogP contribution in [0, 0.1) is 13.8 Å². The lowest BCUT2D eigenvalue weighted by molar-refractivity contribution is 0.404. The first-order valence-electron chi connectivity index (χ1n) is 5.93. The number of hydrogen-bond acceptors (Lipinski definition) is 2. The molecule has 0 aromatic heterocycles. The number of rotatable bonds is 5. The maximum absolute atomic E-state index is 5.47. The third-order valence-electron chi connectivity index (χ3n) is 3.15. The highest BCUT2D eigenvalue weighted by molar-refractivity contribution is 5.43. The summed E-state index contributed by atoms with van der Waals surface area (Å²) in [5.74, 6) is 1.02. The molecule has 0 spiro atoms. The lowest BCUT2D eigenvalue weighted by atomic mass is 9.97. The van der Waals surface area contributed by atoms with Crippen molar-refractivity contribution in [3.05, 3.63) is 28.8 Å². The second kappa shape index (κ2) is 5.90. The van der Waals surface area contributed by atoms with Crippen molar-refractivity contribution in [2.24, 2.45) is 0 Å². The van der Waals surface area contributed by atoms with E-state index in [1.807, 2.05) is 7.05 Å². The van der Waals surface area contributed by atoms with E-state index in [0.717, 1.165) is 18.6 Å². The molecule has 0 aliphatic heterocycles. The van der Waals surface area contributed by atoms with Gasteiger partial charge in [-0.15, -0.1) is 0 Å². The lowest BCUT2D eigenvalue weighted by Crippen LogP contribution is -2.27. The molecule has 0 heterocycles. The van der Waals surface area contributed by atoms with Crippen molar-refractivity contribution >= 4 is 0 Å². The summed E-state index contributed by atoms with van der Waals surface area (Å²) in [7, 11) is 3.77. The third kappa shape index (κ3) is 2.99. The molecular weight excluding hydrogens is 198 g/mol. The van der Waals surface area contributed by atoms with Crippen LogP contribution in [0.25, 0.3) is 0 Å². The monoisotopic (exact) mass is 221 g/mol. The minimum atomic E-state index is 0.523. The van der Waals surface area contributed by atoms with Crippen LogP contribution in [0.3, 0.4) is 0 Å². The van der Waals surface area contributed by atoms with Crippen molar-refractivity contribution in [3.63, 3.8) is 0 Å². The van der Waals surface area contributed by atoms with Crippen LogP contribution in [0.5, 0.6) is 5.75 Å². The van der Waals surface area contributed by atoms with E-state index < -0.39 is 0 Å². The summed E-state index contributed by atoms with van der Waals surface area (Å²) in [5.41, 5.74) is 3.91. The highest BCUT2D eigenvalue weighted by Crippen LogP contribution is 2.25. The Morgan fingerprint density at radius 1 is 1.31 bits per heavy atom. The molecule has 0 radical (unpaired) electrons. The average Bonchev–Trinajstić information content (AvgIpc) is 2.27. The topological polar surface area (TPSA) is 21.3 Å². The van der Waals surface area contributed by atoms with Gasteiger partial charge >= 0.3 is 0 Å². The predicted molar refractivity (Wildman–Crippen MR) is 69.3 cm³/mol. The summed E-state index contributed by atoms with van der Waals surface area (Å²) < 4.78 is 5.47. The van der Waals surface area contributed by atoms with Gasteiger partial charge in [0.1, 0.15) is 5.75 Å². The molecule has 0 aliphatic carbocycles. The zero-order valence-electron chi connectivity index (χ0n) is 11.1. The fourth-order valence-electron chi connectivity index (χ4n) is 2.10. The minimum absolute atomic E-state index is 0.523. The summed E-state index contributed by atoms with van der Waals surface area (Å²) >= 11 is 0. The zero-order valence-corrected chi connectivity index (χ0v) is 11.1. The lowest BCUT2D eigenvalue weighted by Gasteiger charge is -2.18. The smallest absolute Gasteiger partial charge is 0.122 e. The first-order chi connectivity index (χ1) is 7.62.